The molecule has 0 radical (unpaired) electrons. The van der Waals surface area contributed by atoms with E-state index in [1.54, 1.807) is 6.20 Å². The summed E-state index contributed by atoms with van der Waals surface area (Å²) in [6.45, 7) is 5.07. The molecular weight excluding hydrogens is 252 g/mol. The van der Waals surface area contributed by atoms with Crippen LogP contribution in [0.1, 0.15) is 44.9 Å². The van der Waals surface area contributed by atoms with E-state index < -0.39 is 0 Å². The summed E-state index contributed by atoms with van der Waals surface area (Å²) >= 11 is 0. The van der Waals surface area contributed by atoms with Crippen molar-refractivity contribution in [1.29, 1.82) is 0 Å². The Kier molecular flexibility index (Phi) is 3.67. The van der Waals surface area contributed by atoms with Gasteiger partial charge in [-0.1, -0.05) is 31.8 Å². The maximum absolute atomic E-state index is 5.30. The van der Waals surface area contributed by atoms with E-state index >= 15 is 0 Å². The summed E-state index contributed by atoms with van der Waals surface area (Å²) in [4.78, 5) is 8.73. The lowest BCUT2D eigenvalue weighted by Gasteiger charge is -2.05. The van der Waals surface area contributed by atoms with Gasteiger partial charge in [-0.25, -0.2) is 4.98 Å². The van der Waals surface area contributed by atoms with Crippen molar-refractivity contribution in [2.24, 2.45) is 5.92 Å². The first-order valence-corrected chi connectivity index (χ1v) is 7.26. The minimum Gasteiger partial charge on any atom is -0.370 e. The van der Waals surface area contributed by atoms with Crippen molar-refractivity contribution in [3.63, 3.8) is 0 Å². The summed E-state index contributed by atoms with van der Waals surface area (Å²) in [5.41, 5.74) is 0.910. The Hall–Kier alpha value is -1.91. The molecule has 20 heavy (non-hydrogen) atoms. The average molecular weight is 272 g/mol. The summed E-state index contributed by atoms with van der Waals surface area (Å²) in [6, 6.07) is 3.86. The van der Waals surface area contributed by atoms with Crippen molar-refractivity contribution in [2.45, 2.75) is 39.0 Å². The normalized spacial score (nSPS) is 14.8. The lowest BCUT2D eigenvalue weighted by molar-refractivity contribution is 0.419. The van der Waals surface area contributed by atoms with Gasteiger partial charge < -0.3 is 9.84 Å². The fourth-order valence-corrected chi connectivity index (χ4v) is 2.06. The highest BCUT2D eigenvalue weighted by atomic mass is 16.5. The van der Waals surface area contributed by atoms with Gasteiger partial charge in [0.2, 0.25) is 0 Å². The molecule has 0 atom stereocenters. The van der Waals surface area contributed by atoms with Crippen LogP contribution in [0.5, 0.6) is 0 Å². The van der Waals surface area contributed by atoms with E-state index in [0.29, 0.717) is 5.89 Å². The van der Waals surface area contributed by atoms with Gasteiger partial charge in [-0.2, -0.15) is 4.98 Å². The summed E-state index contributed by atoms with van der Waals surface area (Å²) in [5, 5.41) is 7.34. The highest BCUT2D eigenvalue weighted by Gasteiger charge is 2.20. The number of nitrogens with one attached hydrogen (secondary N) is 1. The van der Waals surface area contributed by atoms with E-state index in [-0.39, 0.29) is 5.92 Å². The second-order valence-electron chi connectivity index (χ2n) is 5.70. The number of pyridine rings is 1. The highest BCUT2D eigenvalue weighted by molar-refractivity contribution is 5.57. The number of nitrogens with zero attached hydrogens (tertiary/aromatic N) is 3. The third-order valence-corrected chi connectivity index (χ3v) is 3.52. The maximum Gasteiger partial charge on any atom is 0.258 e. The van der Waals surface area contributed by atoms with Crippen molar-refractivity contribution >= 4 is 5.82 Å². The topological polar surface area (TPSA) is 63.8 Å². The predicted molar refractivity (Wildman–Crippen MR) is 77.4 cm³/mol. The number of hydrogen-bond donors (Lipinski definition) is 1. The van der Waals surface area contributed by atoms with Crippen molar-refractivity contribution in [3.8, 4) is 11.5 Å². The zero-order valence-corrected chi connectivity index (χ0v) is 12.0. The van der Waals surface area contributed by atoms with Gasteiger partial charge in [0.15, 0.2) is 5.82 Å². The standard InChI is InChI=1S/C15H20N4O/c1-10(2)14-18-15(20-19-14)12-6-8-17-13(9-12)16-7-5-11-3-4-11/h6,8-11H,3-5,7H2,1-2H3,(H,16,17). The summed E-state index contributed by atoms with van der Waals surface area (Å²) in [7, 11) is 0. The molecule has 2 aromatic heterocycles. The fraction of sp³-hybridized carbons (Fsp3) is 0.533. The van der Waals surface area contributed by atoms with Gasteiger partial charge in [0, 0.05) is 24.2 Å². The van der Waals surface area contributed by atoms with Crippen LogP contribution in [-0.4, -0.2) is 21.7 Å². The zero-order chi connectivity index (χ0) is 13.9. The first kappa shape index (κ1) is 13.1. The Labute approximate surface area is 118 Å². The first-order valence-electron chi connectivity index (χ1n) is 7.26. The Balaban J connectivity index is 1.68. The molecule has 0 aliphatic heterocycles. The molecule has 106 valence electrons. The van der Waals surface area contributed by atoms with Crippen LogP contribution in [-0.2, 0) is 0 Å². The molecule has 3 rings (SSSR count). The molecule has 1 saturated carbocycles. The fourth-order valence-electron chi connectivity index (χ4n) is 2.06. The van der Waals surface area contributed by atoms with Crippen LogP contribution < -0.4 is 5.32 Å². The van der Waals surface area contributed by atoms with Gasteiger partial charge in [0.1, 0.15) is 5.82 Å². The number of anilines is 1. The molecular formula is C15H20N4O. The molecule has 5 heteroatoms. The molecule has 5 nitrogen and oxygen atoms in total. The lowest BCUT2D eigenvalue weighted by Crippen LogP contribution is -2.03. The monoisotopic (exact) mass is 272 g/mol. The van der Waals surface area contributed by atoms with Crippen LogP contribution >= 0.6 is 0 Å². The lowest BCUT2D eigenvalue weighted by atomic mass is 10.2. The van der Waals surface area contributed by atoms with E-state index in [1.165, 1.54) is 19.3 Å². The second kappa shape index (κ2) is 5.61. The molecule has 1 aliphatic carbocycles. The predicted octanol–water partition coefficient (Wildman–Crippen LogP) is 3.47. The van der Waals surface area contributed by atoms with Gasteiger partial charge in [-0.05, 0) is 24.5 Å². The minimum absolute atomic E-state index is 0.269. The van der Waals surface area contributed by atoms with E-state index in [2.05, 4.69) is 20.4 Å². The highest BCUT2D eigenvalue weighted by Crippen LogP contribution is 2.32. The zero-order valence-electron chi connectivity index (χ0n) is 12.0. The van der Waals surface area contributed by atoms with Gasteiger partial charge in [-0.15, -0.1) is 0 Å². The molecule has 1 aliphatic rings. The Morgan fingerprint density at radius 1 is 1.40 bits per heavy atom. The van der Waals surface area contributed by atoms with Gasteiger partial charge in [0.25, 0.3) is 5.89 Å². The molecule has 2 heterocycles. The van der Waals surface area contributed by atoms with E-state index in [0.717, 1.165) is 29.7 Å². The minimum atomic E-state index is 0.269. The molecule has 2 aromatic rings. The van der Waals surface area contributed by atoms with Crippen LogP contribution in [0, 0.1) is 5.92 Å². The third-order valence-electron chi connectivity index (χ3n) is 3.52. The van der Waals surface area contributed by atoms with E-state index in [9.17, 15) is 0 Å². The van der Waals surface area contributed by atoms with Crippen molar-refractivity contribution in [3.05, 3.63) is 24.2 Å². The molecule has 1 N–H and O–H groups in total. The first-order chi connectivity index (χ1) is 9.72. The van der Waals surface area contributed by atoms with Gasteiger partial charge in [-0.3, -0.25) is 0 Å². The SMILES string of the molecule is CC(C)c1noc(-c2ccnc(NCCC3CC3)c2)n1. The molecule has 0 amide bonds. The van der Waals surface area contributed by atoms with Crippen molar-refractivity contribution in [2.75, 3.05) is 11.9 Å². The largest absolute Gasteiger partial charge is 0.370 e. The Morgan fingerprint density at radius 2 is 2.25 bits per heavy atom. The Bertz CT molecular complexity index is 575. The smallest absolute Gasteiger partial charge is 0.258 e. The number of hydrogen-bond acceptors (Lipinski definition) is 5. The van der Waals surface area contributed by atoms with Crippen LogP contribution in [0.4, 0.5) is 5.82 Å². The Morgan fingerprint density at radius 3 is 2.95 bits per heavy atom. The second-order valence-corrected chi connectivity index (χ2v) is 5.70. The molecule has 0 unspecified atom stereocenters. The van der Waals surface area contributed by atoms with Crippen molar-refractivity contribution < 1.29 is 4.52 Å². The third kappa shape index (κ3) is 3.15. The maximum atomic E-state index is 5.30. The molecule has 0 aromatic carbocycles. The molecule has 1 fully saturated rings. The molecule has 0 spiro atoms. The van der Waals surface area contributed by atoms with E-state index in [4.69, 9.17) is 4.52 Å². The molecule has 0 saturated heterocycles. The number of rotatable bonds is 6. The van der Waals surface area contributed by atoms with Crippen LogP contribution in [0.3, 0.4) is 0 Å². The summed E-state index contributed by atoms with van der Waals surface area (Å²) < 4.78 is 5.30. The molecule has 0 bridgehead atoms. The van der Waals surface area contributed by atoms with Crippen LogP contribution in [0.25, 0.3) is 11.5 Å². The summed E-state index contributed by atoms with van der Waals surface area (Å²) in [5.74, 6) is 3.36. The van der Waals surface area contributed by atoms with Gasteiger partial charge >= 0.3 is 0 Å². The quantitative estimate of drug-likeness (QED) is 0.872. The average Bonchev–Trinajstić information content (AvgIpc) is 3.12. The summed E-state index contributed by atoms with van der Waals surface area (Å²) in [6.07, 6.45) is 5.77. The van der Waals surface area contributed by atoms with Crippen molar-refractivity contribution in [1.82, 2.24) is 15.1 Å². The van der Waals surface area contributed by atoms with Gasteiger partial charge in [0.05, 0.1) is 0 Å². The van der Waals surface area contributed by atoms with Crippen LogP contribution in [0.2, 0.25) is 0 Å². The van der Waals surface area contributed by atoms with Crippen LogP contribution in [0.15, 0.2) is 22.9 Å². The van der Waals surface area contributed by atoms with E-state index in [1.807, 2.05) is 26.0 Å². The number of aromatic nitrogens is 3.